The van der Waals surface area contributed by atoms with Crippen molar-refractivity contribution in [2.45, 2.75) is 12.8 Å². The summed E-state index contributed by atoms with van der Waals surface area (Å²) in [6.45, 7) is 0.431. The van der Waals surface area contributed by atoms with Crippen molar-refractivity contribution in [3.8, 4) is 34.5 Å². The molecular weight excluding hydrogens is 390 g/mol. The zero-order valence-corrected chi connectivity index (χ0v) is 18.3. The summed E-state index contributed by atoms with van der Waals surface area (Å²) in [5.41, 5.74) is 1.61. The van der Waals surface area contributed by atoms with Crippen LogP contribution in [-0.4, -0.2) is 55.1 Å². The molecule has 0 heterocycles. The van der Waals surface area contributed by atoms with Gasteiger partial charge in [0, 0.05) is 17.7 Å². The maximum atomic E-state index is 12.5. The molecule has 0 spiro atoms. The van der Waals surface area contributed by atoms with Crippen molar-refractivity contribution in [3.63, 3.8) is 0 Å². The van der Waals surface area contributed by atoms with E-state index in [2.05, 4.69) is 5.32 Å². The van der Waals surface area contributed by atoms with E-state index in [-0.39, 0.29) is 12.3 Å². The summed E-state index contributed by atoms with van der Waals surface area (Å²) < 4.78 is 32.2. The van der Waals surface area contributed by atoms with Crippen molar-refractivity contribution in [3.05, 3.63) is 35.4 Å². The molecule has 0 atom stereocenters. The number of nitrogens with one attached hydrogen (secondary N) is 1. The van der Waals surface area contributed by atoms with Gasteiger partial charge in [-0.2, -0.15) is 0 Å². The lowest BCUT2D eigenvalue weighted by Crippen LogP contribution is -2.27. The summed E-state index contributed by atoms with van der Waals surface area (Å²) in [5.74, 6) is 3.04. The normalized spacial score (nSPS) is 10.2. The standard InChI is InChI=1S/C22H29NO7/c1-25-16-9-7-14(19(27-3)21(16)29-5)11-12-23-18(24)13-15-8-10-17(26-2)22(30-6)20(15)28-4/h7-10H,11-13H2,1-6H3,(H,23,24). The van der Waals surface area contributed by atoms with E-state index >= 15 is 0 Å². The number of carbonyl (C=O) groups excluding carboxylic acids is 1. The van der Waals surface area contributed by atoms with Gasteiger partial charge in [0.25, 0.3) is 0 Å². The van der Waals surface area contributed by atoms with Gasteiger partial charge < -0.3 is 33.7 Å². The van der Waals surface area contributed by atoms with E-state index in [1.54, 1.807) is 40.6 Å². The number of benzene rings is 2. The number of rotatable bonds is 11. The molecule has 30 heavy (non-hydrogen) atoms. The van der Waals surface area contributed by atoms with Crippen LogP contribution in [0.15, 0.2) is 24.3 Å². The molecule has 2 aromatic rings. The van der Waals surface area contributed by atoms with Crippen molar-refractivity contribution in [2.75, 3.05) is 49.2 Å². The third kappa shape index (κ3) is 5.00. The molecule has 0 aromatic heterocycles. The van der Waals surface area contributed by atoms with Gasteiger partial charge in [-0.05, 0) is 18.6 Å². The van der Waals surface area contributed by atoms with Crippen molar-refractivity contribution in [1.29, 1.82) is 0 Å². The molecule has 0 radical (unpaired) electrons. The van der Waals surface area contributed by atoms with Gasteiger partial charge in [0.15, 0.2) is 23.0 Å². The number of ether oxygens (including phenoxy) is 6. The zero-order chi connectivity index (χ0) is 22.1. The Morgan fingerprint density at radius 1 is 0.667 bits per heavy atom. The first-order chi connectivity index (χ1) is 14.5. The first-order valence-electron chi connectivity index (χ1n) is 9.36. The van der Waals surface area contributed by atoms with Gasteiger partial charge in [-0.1, -0.05) is 12.1 Å². The highest BCUT2D eigenvalue weighted by Gasteiger charge is 2.18. The van der Waals surface area contributed by atoms with Crippen LogP contribution in [-0.2, 0) is 17.6 Å². The van der Waals surface area contributed by atoms with Gasteiger partial charge in [0.2, 0.25) is 17.4 Å². The van der Waals surface area contributed by atoms with Crippen LogP contribution in [0.1, 0.15) is 11.1 Å². The summed E-state index contributed by atoms with van der Waals surface area (Å²) in [7, 11) is 9.31. The maximum absolute atomic E-state index is 12.5. The topological polar surface area (TPSA) is 84.5 Å². The van der Waals surface area contributed by atoms with Crippen LogP contribution in [0.25, 0.3) is 0 Å². The molecule has 0 aliphatic heterocycles. The van der Waals surface area contributed by atoms with E-state index in [4.69, 9.17) is 28.4 Å². The molecule has 1 amide bonds. The van der Waals surface area contributed by atoms with Crippen LogP contribution in [0, 0.1) is 0 Å². The highest BCUT2D eigenvalue weighted by Crippen LogP contribution is 2.40. The first-order valence-corrected chi connectivity index (χ1v) is 9.36. The zero-order valence-electron chi connectivity index (χ0n) is 18.3. The highest BCUT2D eigenvalue weighted by atomic mass is 16.5. The Hall–Kier alpha value is -3.29. The maximum Gasteiger partial charge on any atom is 0.224 e. The summed E-state index contributed by atoms with van der Waals surface area (Å²) >= 11 is 0. The van der Waals surface area contributed by atoms with E-state index in [1.165, 1.54) is 14.2 Å². The third-order valence-electron chi connectivity index (χ3n) is 4.64. The number of methoxy groups -OCH3 is 6. The molecule has 164 valence electrons. The lowest BCUT2D eigenvalue weighted by atomic mass is 10.1. The van der Waals surface area contributed by atoms with Crippen LogP contribution in [0.4, 0.5) is 0 Å². The van der Waals surface area contributed by atoms with Gasteiger partial charge >= 0.3 is 0 Å². The van der Waals surface area contributed by atoms with E-state index in [9.17, 15) is 4.79 Å². The molecule has 0 saturated heterocycles. The fraction of sp³-hybridized carbons (Fsp3) is 0.409. The van der Waals surface area contributed by atoms with E-state index in [1.807, 2.05) is 12.1 Å². The number of hydrogen-bond donors (Lipinski definition) is 1. The lowest BCUT2D eigenvalue weighted by Gasteiger charge is -2.16. The Kier molecular flexibility index (Phi) is 8.46. The van der Waals surface area contributed by atoms with Crippen LogP contribution >= 0.6 is 0 Å². The quantitative estimate of drug-likeness (QED) is 0.599. The van der Waals surface area contributed by atoms with Gasteiger partial charge in [-0.15, -0.1) is 0 Å². The number of carbonyl (C=O) groups is 1. The van der Waals surface area contributed by atoms with Crippen molar-refractivity contribution < 1.29 is 33.2 Å². The third-order valence-corrected chi connectivity index (χ3v) is 4.64. The Morgan fingerprint density at radius 3 is 1.60 bits per heavy atom. The Morgan fingerprint density at radius 2 is 1.13 bits per heavy atom. The molecule has 8 heteroatoms. The van der Waals surface area contributed by atoms with Crippen molar-refractivity contribution >= 4 is 5.91 Å². The lowest BCUT2D eigenvalue weighted by molar-refractivity contribution is -0.120. The van der Waals surface area contributed by atoms with Crippen molar-refractivity contribution in [2.24, 2.45) is 0 Å². The van der Waals surface area contributed by atoms with Crippen molar-refractivity contribution in [1.82, 2.24) is 5.32 Å². The fourth-order valence-electron chi connectivity index (χ4n) is 3.23. The van der Waals surface area contributed by atoms with Crippen LogP contribution in [0.3, 0.4) is 0 Å². The number of hydrogen-bond acceptors (Lipinski definition) is 7. The molecule has 0 fully saturated rings. The molecule has 8 nitrogen and oxygen atoms in total. The second-order valence-corrected chi connectivity index (χ2v) is 6.26. The molecule has 2 aromatic carbocycles. The summed E-state index contributed by atoms with van der Waals surface area (Å²) in [6, 6.07) is 7.24. The Balaban J connectivity index is 2.06. The summed E-state index contributed by atoms with van der Waals surface area (Å²) in [6.07, 6.45) is 0.713. The first kappa shape index (κ1) is 23.0. The van der Waals surface area contributed by atoms with E-state index in [0.29, 0.717) is 53.0 Å². The van der Waals surface area contributed by atoms with Gasteiger partial charge in [-0.25, -0.2) is 0 Å². The molecule has 1 N–H and O–H groups in total. The minimum absolute atomic E-state index is 0.139. The van der Waals surface area contributed by atoms with Crippen LogP contribution < -0.4 is 33.7 Å². The molecule has 0 unspecified atom stereocenters. The monoisotopic (exact) mass is 419 g/mol. The Bertz CT molecular complexity index is 867. The smallest absolute Gasteiger partial charge is 0.224 e. The molecule has 0 saturated carbocycles. The van der Waals surface area contributed by atoms with Crippen LogP contribution in [0.5, 0.6) is 34.5 Å². The Labute approximate surface area is 177 Å². The minimum atomic E-state index is -0.139. The van der Waals surface area contributed by atoms with Gasteiger partial charge in [0.1, 0.15) is 0 Å². The van der Waals surface area contributed by atoms with Crippen LogP contribution in [0.2, 0.25) is 0 Å². The van der Waals surface area contributed by atoms with E-state index < -0.39 is 0 Å². The second kappa shape index (κ2) is 11.0. The molecular formula is C22H29NO7. The molecule has 0 bridgehead atoms. The molecule has 0 aliphatic carbocycles. The second-order valence-electron chi connectivity index (χ2n) is 6.26. The summed E-state index contributed by atoms with van der Waals surface area (Å²) in [4.78, 5) is 12.5. The highest BCUT2D eigenvalue weighted by molar-refractivity contribution is 5.80. The van der Waals surface area contributed by atoms with Gasteiger partial charge in [-0.3, -0.25) is 4.79 Å². The van der Waals surface area contributed by atoms with Gasteiger partial charge in [0.05, 0.1) is 49.1 Å². The number of amides is 1. The summed E-state index contributed by atoms with van der Waals surface area (Å²) in [5, 5.41) is 2.92. The largest absolute Gasteiger partial charge is 0.493 e. The fourth-order valence-corrected chi connectivity index (χ4v) is 3.23. The predicted molar refractivity (Wildman–Crippen MR) is 113 cm³/mol. The minimum Gasteiger partial charge on any atom is -0.493 e. The molecule has 0 aliphatic rings. The van der Waals surface area contributed by atoms with E-state index in [0.717, 1.165) is 5.56 Å². The average Bonchev–Trinajstić information content (AvgIpc) is 2.77. The average molecular weight is 419 g/mol. The SMILES string of the molecule is COc1ccc(CCNC(=O)Cc2ccc(OC)c(OC)c2OC)c(OC)c1OC. The molecule has 2 rings (SSSR count). The predicted octanol–water partition coefficient (Wildman–Crippen LogP) is 2.64.